The van der Waals surface area contributed by atoms with Gasteiger partial charge in [-0.2, -0.15) is 0 Å². The molecule has 3 heteroatoms. The van der Waals surface area contributed by atoms with E-state index in [-0.39, 0.29) is 10.7 Å². The van der Waals surface area contributed by atoms with Crippen LogP contribution in [0.1, 0.15) is 44.7 Å². The van der Waals surface area contributed by atoms with Crippen LogP contribution in [0, 0.1) is 19.3 Å². The molecule has 1 aromatic rings. The Morgan fingerprint density at radius 2 is 2.05 bits per heavy atom. The quantitative estimate of drug-likeness (QED) is 0.919. The first kappa shape index (κ1) is 15.7. The summed E-state index contributed by atoms with van der Waals surface area (Å²) in [6.45, 7) is 11.8. The Kier molecular flexibility index (Phi) is 4.70. The van der Waals surface area contributed by atoms with E-state index in [1.165, 1.54) is 5.56 Å². The third-order valence-corrected chi connectivity index (χ3v) is 6.48. The van der Waals surface area contributed by atoms with Gasteiger partial charge in [0.1, 0.15) is 0 Å². The number of aryl methyl sites for hydroxylation is 2. The number of benzene rings is 1. The standard InChI is InChI=1S/C17H27NOS/c1-6-18-16-14(9-10-17(16,4)5)20(19)15-11-12(2)7-8-13(15)3/h7-8,11,14,16,18H,6,9-10H2,1-5H3. The van der Waals surface area contributed by atoms with E-state index in [4.69, 9.17) is 0 Å². The second kappa shape index (κ2) is 5.98. The van der Waals surface area contributed by atoms with Gasteiger partial charge in [-0.15, -0.1) is 0 Å². The molecule has 112 valence electrons. The molecule has 0 aliphatic heterocycles. The first-order valence-corrected chi connectivity index (χ1v) is 8.79. The normalized spacial score (nSPS) is 26.6. The molecule has 20 heavy (non-hydrogen) atoms. The molecule has 0 aromatic heterocycles. The van der Waals surface area contributed by atoms with Gasteiger partial charge in [0.15, 0.2) is 0 Å². The molecule has 1 aromatic carbocycles. The summed E-state index contributed by atoms with van der Waals surface area (Å²) in [4.78, 5) is 1.02. The summed E-state index contributed by atoms with van der Waals surface area (Å²) >= 11 is 0. The van der Waals surface area contributed by atoms with Crippen molar-refractivity contribution >= 4 is 10.8 Å². The van der Waals surface area contributed by atoms with Gasteiger partial charge in [0.2, 0.25) is 0 Å². The number of rotatable bonds is 4. The van der Waals surface area contributed by atoms with Gasteiger partial charge in [0.05, 0.1) is 16.0 Å². The first-order chi connectivity index (χ1) is 9.36. The average Bonchev–Trinajstić information content (AvgIpc) is 2.68. The molecule has 1 aliphatic rings. The maximum atomic E-state index is 13.1. The molecule has 1 saturated carbocycles. The zero-order valence-corrected chi connectivity index (χ0v) is 14.1. The minimum absolute atomic E-state index is 0.227. The van der Waals surface area contributed by atoms with Gasteiger partial charge in [-0.1, -0.05) is 32.9 Å². The van der Waals surface area contributed by atoms with E-state index in [0.29, 0.717) is 6.04 Å². The second-order valence-corrected chi connectivity index (χ2v) is 8.31. The van der Waals surface area contributed by atoms with Crippen LogP contribution in [0.2, 0.25) is 0 Å². The van der Waals surface area contributed by atoms with Crippen molar-refractivity contribution in [3.63, 3.8) is 0 Å². The molecule has 0 bridgehead atoms. The Morgan fingerprint density at radius 1 is 1.35 bits per heavy atom. The van der Waals surface area contributed by atoms with Crippen molar-refractivity contribution < 1.29 is 4.21 Å². The van der Waals surface area contributed by atoms with Gasteiger partial charge in [-0.05, 0) is 55.8 Å². The summed E-state index contributed by atoms with van der Waals surface area (Å²) in [6, 6.07) is 6.62. The van der Waals surface area contributed by atoms with E-state index in [0.717, 1.165) is 29.8 Å². The van der Waals surface area contributed by atoms with Crippen molar-refractivity contribution in [2.75, 3.05) is 6.54 Å². The monoisotopic (exact) mass is 293 g/mol. The van der Waals surface area contributed by atoms with E-state index >= 15 is 0 Å². The first-order valence-electron chi connectivity index (χ1n) is 7.58. The lowest BCUT2D eigenvalue weighted by molar-refractivity contribution is 0.289. The van der Waals surface area contributed by atoms with Crippen molar-refractivity contribution in [3.8, 4) is 0 Å². The molecule has 0 heterocycles. The minimum atomic E-state index is -0.921. The fourth-order valence-corrected chi connectivity index (χ4v) is 5.34. The largest absolute Gasteiger partial charge is 0.313 e. The average molecular weight is 293 g/mol. The molecular formula is C17H27NOS. The van der Waals surface area contributed by atoms with Crippen LogP contribution in [0.3, 0.4) is 0 Å². The molecule has 0 radical (unpaired) electrons. The van der Waals surface area contributed by atoms with Crippen LogP contribution >= 0.6 is 0 Å². The van der Waals surface area contributed by atoms with Crippen molar-refractivity contribution in [3.05, 3.63) is 29.3 Å². The zero-order valence-electron chi connectivity index (χ0n) is 13.3. The van der Waals surface area contributed by atoms with Crippen molar-refractivity contribution in [1.29, 1.82) is 0 Å². The van der Waals surface area contributed by atoms with E-state index in [1.54, 1.807) is 0 Å². The Labute approximate surface area is 125 Å². The number of nitrogens with one attached hydrogen (secondary N) is 1. The molecule has 0 saturated heterocycles. The molecule has 0 spiro atoms. The van der Waals surface area contributed by atoms with Crippen molar-refractivity contribution in [2.24, 2.45) is 5.41 Å². The predicted molar refractivity (Wildman–Crippen MR) is 86.6 cm³/mol. The van der Waals surface area contributed by atoms with E-state index < -0.39 is 10.8 Å². The third kappa shape index (κ3) is 2.99. The summed E-state index contributed by atoms with van der Waals surface area (Å²) in [7, 11) is -0.921. The van der Waals surface area contributed by atoms with Crippen LogP contribution in [-0.4, -0.2) is 22.0 Å². The topological polar surface area (TPSA) is 29.1 Å². The summed E-state index contributed by atoms with van der Waals surface area (Å²) in [5, 5.41) is 3.80. The van der Waals surface area contributed by atoms with Crippen molar-refractivity contribution in [1.82, 2.24) is 5.32 Å². The summed E-state index contributed by atoms with van der Waals surface area (Å²) in [6.07, 6.45) is 2.19. The fourth-order valence-electron chi connectivity index (χ4n) is 3.29. The van der Waals surface area contributed by atoms with Crippen LogP contribution in [0.5, 0.6) is 0 Å². The van der Waals surface area contributed by atoms with E-state index in [1.807, 2.05) is 0 Å². The van der Waals surface area contributed by atoms with Crippen LogP contribution in [-0.2, 0) is 10.8 Å². The van der Waals surface area contributed by atoms with Gasteiger partial charge < -0.3 is 5.32 Å². The van der Waals surface area contributed by atoms with Gasteiger partial charge in [0, 0.05) is 10.9 Å². The van der Waals surface area contributed by atoms with Gasteiger partial charge in [0.25, 0.3) is 0 Å². The van der Waals surface area contributed by atoms with Crippen molar-refractivity contribution in [2.45, 2.75) is 63.6 Å². The minimum Gasteiger partial charge on any atom is -0.313 e. The lowest BCUT2D eigenvalue weighted by Crippen LogP contribution is -2.46. The number of hydrogen-bond donors (Lipinski definition) is 1. The second-order valence-electron chi connectivity index (χ2n) is 6.67. The van der Waals surface area contributed by atoms with Gasteiger partial charge in [-0.25, -0.2) is 0 Å². The van der Waals surface area contributed by atoms with Crippen LogP contribution in [0.25, 0.3) is 0 Å². The highest BCUT2D eigenvalue weighted by molar-refractivity contribution is 7.85. The van der Waals surface area contributed by atoms with Gasteiger partial charge >= 0.3 is 0 Å². The molecule has 2 rings (SSSR count). The Morgan fingerprint density at radius 3 is 2.70 bits per heavy atom. The Bertz CT molecular complexity index is 510. The SMILES string of the molecule is CCNC1C(S(=O)c2cc(C)ccc2C)CCC1(C)C. The molecule has 3 atom stereocenters. The lowest BCUT2D eigenvalue weighted by Gasteiger charge is -2.31. The molecule has 1 N–H and O–H groups in total. The van der Waals surface area contributed by atoms with Crippen LogP contribution < -0.4 is 5.32 Å². The molecular weight excluding hydrogens is 266 g/mol. The summed E-state index contributed by atoms with van der Waals surface area (Å²) in [5.74, 6) is 0. The Hall–Kier alpha value is -0.670. The summed E-state index contributed by atoms with van der Waals surface area (Å²) in [5.41, 5.74) is 2.57. The maximum Gasteiger partial charge on any atom is 0.0579 e. The summed E-state index contributed by atoms with van der Waals surface area (Å²) < 4.78 is 13.1. The lowest BCUT2D eigenvalue weighted by atomic mass is 9.87. The molecule has 1 fully saturated rings. The highest BCUT2D eigenvalue weighted by atomic mass is 32.2. The third-order valence-electron chi connectivity index (χ3n) is 4.55. The van der Waals surface area contributed by atoms with Crippen LogP contribution in [0.15, 0.2) is 23.1 Å². The zero-order chi connectivity index (χ0) is 14.9. The van der Waals surface area contributed by atoms with E-state index in [9.17, 15) is 4.21 Å². The molecule has 2 nitrogen and oxygen atoms in total. The smallest absolute Gasteiger partial charge is 0.0579 e. The predicted octanol–water partition coefficient (Wildman–Crippen LogP) is 3.58. The maximum absolute atomic E-state index is 13.1. The fraction of sp³-hybridized carbons (Fsp3) is 0.647. The molecule has 0 amide bonds. The number of hydrogen-bond acceptors (Lipinski definition) is 2. The van der Waals surface area contributed by atoms with Crippen LogP contribution in [0.4, 0.5) is 0 Å². The van der Waals surface area contributed by atoms with Gasteiger partial charge in [-0.3, -0.25) is 4.21 Å². The highest BCUT2D eigenvalue weighted by Gasteiger charge is 2.44. The van der Waals surface area contributed by atoms with E-state index in [2.05, 4.69) is 58.1 Å². The Balaban J connectivity index is 2.30. The highest BCUT2D eigenvalue weighted by Crippen LogP contribution is 2.41. The molecule has 1 aliphatic carbocycles. The molecule has 3 unspecified atom stereocenters.